The van der Waals surface area contributed by atoms with Crippen LogP contribution in [-0.2, 0) is 10.0 Å². The standard InChI is InChI=1S/C22H22BrN3O4S/c1-14(2)18-10-11-24-13-19(18)22(27)25-17-8-9-20(30-3)21(12-17)31(28,29)26-16-6-4-15(23)5-7-16/h4-14,26H,1-3H3,(H,25,27). The predicted octanol–water partition coefficient (Wildman–Crippen LogP) is 5.03. The van der Waals surface area contributed by atoms with E-state index in [1.54, 1.807) is 42.6 Å². The Kier molecular flexibility index (Phi) is 6.97. The van der Waals surface area contributed by atoms with Crippen LogP contribution in [0.15, 0.2) is 70.3 Å². The lowest BCUT2D eigenvalue weighted by molar-refractivity contribution is 0.102. The number of hydrogen-bond acceptors (Lipinski definition) is 5. The van der Waals surface area contributed by atoms with E-state index in [4.69, 9.17) is 4.74 Å². The van der Waals surface area contributed by atoms with Gasteiger partial charge in [0.2, 0.25) is 0 Å². The van der Waals surface area contributed by atoms with Gasteiger partial charge in [0.05, 0.1) is 12.7 Å². The highest BCUT2D eigenvalue weighted by Crippen LogP contribution is 2.30. The van der Waals surface area contributed by atoms with Gasteiger partial charge in [-0.15, -0.1) is 0 Å². The Morgan fingerprint density at radius 1 is 1.06 bits per heavy atom. The summed E-state index contributed by atoms with van der Waals surface area (Å²) < 4.78 is 34.6. The molecule has 3 rings (SSSR count). The van der Waals surface area contributed by atoms with Crippen molar-refractivity contribution < 1.29 is 17.9 Å². The quantitative estimate of drug-likeness (QED) is 0.471. The number of methoxy groups -OCH3 is 1. The van der Waals surface area contributed by atoms with Gasteiger partial charge >= 0.3 is 0 Å². The molecule has 0 fully saturated rings. The summed E-state index contributed by atoms with van der Waals surface area (Å²) in [6, 6.07) is 13.0. The lowest BCUT2D eigenvalue weighted by Gasteiger charge is -2.15. The molecule has 0 aliphatic rings. The average Bonchev–Trinajstić information content (AvgIpc) is 2.75. The second-order valence-corrected chi connectivity index (χ2v) is 9.62. The molecule has 162 valence electrons. The Labute approximate surface area is 190 Å². The van der Waals surface area contributed by atoms with Gasteiger partial charge in [-0.05, 0) is 60.0 Å². The molecular formula is C22H22BrN3O4S. The molecular weight excluding hydrogens is 482 g/mol. The van der Waals surface area contributed by atoms with Gasteiger partial charge in [-0.1, -0.05) is 29.8 Å². The number of carbonyl (C=O) groups excluding carboxylic acids is 1. The predicted molar refractivity (Wildman–Crippen MR) is 124 cm³/mol. The van der Waals surface area contributed by atoms with Crippen LogP contribution in [-0.4, -0.2) is 26.4 Å². The second kappa shape index (κ2) is 9.49. The van der Waals surface area contributed by atoms with E-state index >= 15 is 0 Å². The molecule has 0 saturated carbocycles. The fraction of sp³-hybridized carbons (Fsp3) is 0.182. The molecule has 9 heteroatoms. The first-order valence-corrected chi connectivity index (χ1v) is 11.7. The van der Waals surface area contributed by atoms with Crippen LogP contribution in [0.25, 0.3) is 0 Å². The number of rotatable bonds is 7. The van der Waals surface area contributed by atoms with E-state index in [2.05, 4.69) is 31.0 Å². The van der Waals surface area contributed by atoms with E-state index < -0.39 is 10.0 Å². The van der Waals surface area contributed by atoms with Crippen LogP contribution < -0.4 is 14.8 Å². The van der Waals surface area contributed by atoms with E-state index in [0.29, 0.717) is 16.9 Å². The van der Waals surface area contributed by atoms with Gasteiger partial charge in [0.25, 0.3) is 15.9 Å². The summed E-state index contributed by atoms with van der Waals surface area (Å²) in [5, 5.41) is 2.76. The maximum atomic E-state index is 13.0. The van der Waals surface area contributed by atoms with Crippen LogP contribution in [0, 0.1) is 0 Å². The maximum absolute atomic E-state index is 13.0. The normalized spacial score (nSPS) is 11.3. The molecule has 0 spiro atoms. The minimum atomic E-state index is -3.97. The smallest absolute Gasteiger partial charge is 0.265 e. The summed E-state index contributed by atoms with van der Waals surface area (Å²) in [6.07, 6.45) is 3.14. The molecule has 2 N–H and O–H groups in total. The number of nitrogens with zero attached hydrogens (tertiary/aromatic N) is 1. The van der Waals surface area contributed by atoms with Crippen molar-refractivity contribution in [3.8, 4) is 5.75 Å². The lowest BCUT2D eigenvalue weighted by atomic mass is 9.99. The summed E-state index contributed by atoms with van der Waals surface area (Å²) in [6.45, 7) is 3.97. The number of nitrogens with one attached hydrogen (secondary N) is 2. The Balaban J connectivity index is 1.92. The van der Waals surface area contributed by atoms with Gasteiger partial charge in [0, 0.05) is 28.2 Å². The van der Waals surface area contributed by atoms with Crippen molar-refractivity contribution in [2.75, 3.05) is 17.1 Å². The van der Waals surface area contributed by atoms with Crippen molar-refractivity contribution in [3.63, 3.8) is 0 Å². The van der Waals surface area contributed by atoms with Crippen LogP contribution in [0.4, 0.5) is 11.4 Å². The van der Waals surface area contributed by atoms with Gasteiger partial charge in [0.15, 0.2) is 0 Å². The van der Waals surface area contributed by atoms with Crippen LogP contribution in [0.5, 0.6) is 5.75 Å². The van der Waals surface area contributed by atoms with E-state index in [1.165, 1.54) is 25.4 Å². The number of amides is 1. The molecule has 3 aromatic rings. The minimum absolute atomic E-state index is 0.0917. The highest BCUT2D eigenvalue weighted by Gasteiger charge is 2.22. The monoisotopic (exact) mass is 503 g/mol. The number of pyridine rings is 1. The third-order valence-electron chi connectivity index (χ3n) is 4.53. The molecule has 1 aromatic heterocycles. The second-order valence-electron chi connectivity index (χ2n) is 7.05. The third kappa shape index (κ3) is 5.42. The van der Waals surface area contributed by atoms with Crippen molar-refractivity contribution in [2.45, 2.75) is 24.7 Å². The molecule has 0 saturated heterocycles. The van der Waals surface area contributed by atoms with Gasteiger partial charge in [-0.2, -0.15) is 0 Å². The maximum Gasteiger partial charge on any atom is 0.265 e. The molecule has 0 atom stereocenters. The zero-order valence-corrected chi connectivity index (χ0v) is 19.6. The topological polar surface area (TPSA) is 97.4 Å². The lowest BCUT2D eigenvalue weighted by Crippen LogP contribution is -2.17. The van der Waals surface area contributed by atoms with Crippen molar-refractivity contribution in [1.29, 1.82) is 0 Å². The summed E-state index contributed by atoms with van der Waals surface area (Å²) >= 11 is 3.32. The number of carbonyl (C=O) groups is 1. The molecule has 0 radical (unpaired) electrons. The van der Waals surface area contributed by atoms with Crippen molar-refractivity contribution in [1.82, 2.24) is 4.98 Å². The number of sulfonamides is 1. The van der Waals surface area contributed by atoms with E-state index in [9.17, 15) is 13.2 Å². The number of hydrogen-bond donors (Lipinski definition) is 2. The van der Waals surface area contributed by atoms with E-state index in [1.807, 2.05) is 13.8 Å². The van der Waals surface area contributed by atoms with E-state index in [-0.39, 0.29) is 22.5 Å². The SMILES string of the molecule is COc1ccc(NC(=O)c2cnccc2C(C)C)cc1S(=O)(=O)Nc1ccc(Br)cc1. The van der Waals surface area contributed by atoms with Crippen molar-refractivity contribution in [3.05, 3.63) is 76.5 Å². The summed E-state index contributed by atoms with van der Waals surface area (Å²) in [7, 11) is -2.58. The zero-order chi connectivity index (χ0) is 22.6. The van der Waals surface area contributed by atoms with Gasteiger partial charge in [0.1, 0.15) is 10.6 Å². The number of ether oxygens (including phenoxy) is 1. The molecule has 0 unspecified atom stereocenters. The summed E-state index contributed by atoms with van der Waals surface area (Å²) in [5.41, 5.74) is 2.01. The highest BCUT2D eigenvalue weighted by atomic mass is 79.9. The molecule has 7 nitrogen and oxygen atoms in total. The molecule has 1 heterocycles. The van der Waals surface area contributed by atoms with Gasteiger partial charge in [-0.3, -0.25) is 14.5 Å². The fourth-order valence-electron chi connectivity index (χ4n) is 2.99. The van der Waals surface area contributed by atoms with Crippen LogP contribution in [0.3, 0.4) is 0 Å². The first-order valence-electron chi connectivity index (χ1n) is 9.43. The molecule has 1 amide bonds. The first-order chi connectivity index (χ1) is 14.7. The molecule has 0 aliphatic carbocycles. The van der Waals surface area contributed by atoms with Crippen LogP contribution >= 0.6 is 15.9 Å². The third-order valence-corrected chi connectivity index (χ3v) is 6.46. The minimum Gasteiger partial charge on any atom is -0.495 e. The number of aromatic nitrogens is 1. The van der Waals surface area contributed by atoms with Gasteiger partial charge < -0.3 is 10.1 Å². The Bertz CT molecular complexity index is 1200. The zero-order valence-electron chi connectivity index (χ0n) is 17.2. The molecule has 31 heavy (non-hydrogen) atoms. The summed E-state index contributed by atoms with van der Waals surface area (Å²) in [5.74, 6) is -0.0799. The molecule has 2 aromatic carbocycles. The fourth-order valence-corrected chi connectivity index (χ4v) is 4.51. The Morgan fingerprint density at radius 2 is 1.74 bits per heavy atom. The number of halogens is 1. The van der Waals surface area contributed by atoms with Crippen molar-refractivity contribution >= 4 is 43.2 Å². The number of anilines is 2. The Hall–Kier alpha value is -2.91. The molecule has 0 aliphatic heterocycles. The van der Waals surface area contributed by atoms with Crippen molar-refractivity contribution in [2.24, 2.45) is 0 Å². The van der Waals surface area contributed by atoms with Crippen LogP contribution in [0.1, 0.15) is 35.7 Å². The van der Waals surface area contributed by atoms with Gasteiger partial charge in [-0.25, -0.2) is 8.42 Å². The summed E-state index contributed by atoms with van der Waals surface area (Å²) in [4.78, 5) is 16.8. The first kappa shape index (κ1) is 22.8. The number of benzene rings is 2. The highest BCUT2D eigenvalue weighted by molar-refractivity contribution is 9.10. The molecule has 0 bridgehead atoms. The average molecular weight is 504 g/mol. The van der Waals surface area contributed by atoms with Crippen LogP contribution in [0.2, 0.25) is 0 Å². The largest absolute Gasteiger partial charge is 0.495 e. The van der Waals surface area contributed by atoms with E-state index in [0.717, 1.165) is 10.0 Å². The Morgan fingerprint density at radius 3 is 2.39 bits per heavy atom.